The normalized spacial score (nSPS) is 20.9. The molecule has 0 spiro atoms. The molecule has 3 aliphatic rings. The van der Waals surface area contributed by atoms with Gasteiger partial charge in [0.05, 0.1) is 24.5 Å². The van der Waals surface area contributed by atoms with Crippen LogP contribution >= 0.6 is 0 Å². The topological polar surface area (TPSA) is 141 Å². The van der Waals surface area contributed by atoms with Crippen molar-refractivity contribution in [2.24, 2.45) is 10.3 Å². The molecule has 0 saturated carbocycles. The zero-order chi connectivity index (χ0) is 30.3. The number of hydrogen-bond donors (Lipinski definition) is 4. The van der Waals surface area contributed by atoms with Gasteiger partial charge in [-0.1, -0.05) is 44.2 Å². The standard InChI is InChI=1S/C31H34N6O5S/c1-18(2)28(36-31(39)42-3)30(38)37-12-4-5-26(37)29-32-16-25(35-29)23-9-8-19-13-20(6-7-21(19)14-23)22-10-11-27-24(15-22)33-17-34-43(27,40)41/h6-11,13-18,26,28-29,32,35H,4-5,12H2,1-3H3,(H,33,34)(H,36,39)/t26?,28-,29?/m0/s1. The molecule has 0 radical (unpaired) electrons. The summed E-state index contributed by atoms with van der Waals surface area (Å²) in [7, 11) is -2.38. The number of sulfonamides is 1. The molecule has 43 heavy (non-hydrogen) atoms. The number of ether oxygens (including phenoxy) is 1. The molecule has 224 valence electrons. The van der Waals surface area contributed by atoms with Crippen molar-refractivity contribution in [3.63, 3.8) is 0 Å². The molecular weight excluding hydrogens is 568 g/mol. The Morgan fingerprint density at radius 1 is 1.02 bits per heavy atom. The number of alkyl carbamates (subject to hydrolysis) is 1. The van der Waals surface area contributed by atoms with Crippen LogP contribution in [0.3, 0.4) is 0 Å². The second-order valence-corrected chi connectivity index (χ2v) is 12.9. The van der Waals surface area contributed by atoms with Crippen LogP contribution in [0.4, 0.5) is 10.5 Å². The van der Waals surface area contributed by atoms with E-state index in [0.29, 0.717) is 12.2 Å². The predicted octanol–water partition coefficient (Wildman–Crippen LogP) is 3.84. The Morgan fingerprint density at radius 2 is 1.72 bits per heavy atom. The number of methoxy groups -OCH3 is 1. The first-order valence-corrected chi connectivity index (χ1v) is 15.7. The van der Waals surface area contributed by atoms with E-state index in [-0.39, 0.29) is 28.9 Å². The first-order chi connectivity index (χ1) is 20.6. The molecule has 0 bridgehead atoms. The summed E-state index contributed by atoms with van der Waals surface area (Å²) in [4.78, 5) is 27.4. The van der Waals surface area contributed by atoms with E-state index < -0.39 is 22.2 Å². The molecule has 3 aromatic carbocycles. The molecule has 12 heteroatoms. The summed E-state index contributed by atoms with van der Waals surface area (Å²) < 4.78 is 32.7. The highest BCUT2D eigenvalue weighted by Gasteiger charge is 2.40. The van der Waals surface area contributed by atoms with E-state index in [1.807, 2.05) is 37.1 Å². The lowest BCUT2D eigenvalue weighted by atomic mass is 9.99. The molecule has 0 aromatic heterocycles. The molecule has 6 rings (SSSR count). The number of nitrogens with one attached hydrogen (secondary N) is 4. The van der Waals surface area contributed by atoms with Gasteiger partial charge in [0, 0.05) is 12.7 Å². The fourth-order valence-corrected chi connectivity index (χ4v) is 6.89. The Hall–Kier alpha value is -4.58. The summed E-state index contributed by atoms with van der Waals surface area (Å²) in [5.74, 6) is -0.190. The number of likely N-dealkylation sites (tertiary alicyclic amines) is 1. The van der Waals surface area contributed by atoms with Gasteiger partial charge in [-0.15, -0.1) is 4.40 Å². The van der Waals surface area contributed by atoms with Crippen molar-refractivity contribution in [2.45, 2.75) is 49.8 Å². The van der Waals surface area contributed by atoms with Gasteiger partial charge in [0.2, 0.25) is 5.91 Å². The second-order valence-electron chi connectivity index (χ2n) is 11.3. The van der Waals surface area contributed by atoms with Crippen LogP contribution in [0.1, 0.15) is 32.3 Å². The van der Waals surface area contributed by atoms with Crippen molar-refractivity contribution in [3.05, 3.63) is 66.4 Å². The van der Waals surface area contributed by atoms with E-state index >= 15 is 0 Å². The molecule has 3 aliphatic heterocycles. The largest absolute Gasteiger partial charge is 0.453 e. The molecular formula is C31H34N6O5S. The molecule has 1 saturated heterocycles. The van der Waals surface area contributed by atoms with Gasteiger partial charge >= 0.3 is 6.09 Å². The Labute approximate surface area is 250 Å². The fraction of sp³-hybridized carbons (Fsp3) is 0.323. The van der Waals surface area contributed by atoms with Crippen LogP contribution in [0.2, 0.25) is 0 Å². The van der Waals surface area contributed by atoms with Gasteiger partial charge in [0.25, 0.3) is 10.0 Å². The minimum Gasteiger partial charge on any atom is -0.453 e. The average molecular weight is 603 g/mol. The number of fused-ring (bicyclic) bond motifs is 2. The van der Waals surface area contributed by atoms with Crippen molar-refractivity contribution in [1.29, 1.82) is 0 Å². The molecule has 3 heterocycles. The monoisotopic (exact) mass is 602 g/mol. The molecule has 1 fully saturated rings. The Morgan fingerprint density at radius 3 is 2.47 bits per heavy atom. The van der Waals surface area contributed by atoms with Gasteiger partial charge in [0.1, 0.15) is 23.4 Å². The highest BCUT2D eigenvalue weighted by atomic mass is 32.2. The third kappa shape index (κ3) is 5.50. The van der Waals surface area contributed by atoms with E-state index in [4.69, 9.17) is 4.74 Å². The van der Waals surface area contributed by atoms with Crippen LogP contribution in [0, 0.1) is 5.92 Å². The van der Waals surface area contributed by atoms with Crippen molar-refractivity contribution in [1.82, 2.24) is 20.9 Å². The molecule has 2 amide bonds. The molecule has 0 aliphatic carbocycles. The Bertz CT molecular complexity index is 1770. The first kappa shape index (κ1) is 28.5. The highest BCUT2D eigenvalue weighted by Crippen LogP contribution is 2.33. The van der Waals surface area contributed by atoms with E-state index in [9.17, 15) is 18.0 Å². The second kappa shape index (κ2) is 11.3. The molecule has 2 unspecified atom stereocenters. The highest BCUT2D eigenvalue weighted by molar-refractivity contribution is 7.90. The average Bonchev–Trinajstić information content (AvgIpc) is 3.69. The smallest absolute Gasteiger partial charge is 0.407 e. The van der Waals surface area contributed by atoms with Crippen LogP contribution in [0.25, 0.3) is 27.6 Å². The SMILES string of the molecule is COC(=O)N[C@H](C(=O)N1CCCC1C1NC=C(c2ccc3cc(-c4ccc5c(c4)NC=NS5(=O)=O)ccc3c2)N1)C(C)C. The fourth-order valence-electron chi connectivity index (χ4n) is 5.95. The molecule has 11 nitrogen and oxygen atoms in total. The Kier molecular flexibility index (Phi) is 7.47. The summed E-state index contributed by atoms with van der Waals surface area (Å²) in [6.07, 6.45) is 4.11. The lowest BCUT2D eigenvalue weighted by Crippen LogP contribution is -2.57. The number of carbonyl (C=O) groups excluding carboxylic acids is 2. The number of amides is 2. The third-order valence-corrected chi connectivity index (χ3v) is 9.53. The number of carbonyl (C=O) groups is 2. The molecule has 3 atom stereocenters. The van der Waals surface area contributed by atoms with Gasteiger partial charge in [-0.05, 0) is 70.5 Å². The van der Waals surface area contributed by atoms with Gasteiger partial charge < -0.3 is 30.9 Å². The number of rotatable bonds is 6. The number of benzene rings is 3. The zero-order valence-electron chi connectivity index (χ0n) is 24.1. The number of nitrogens with zero attached hydrogens (tertiary/aromatic N) is 2. The van der Waals surface area contributed by atoms with Crippen molar-refractivity contribution in [2.75, 3.05) is 19.0 Å². The molecule has 4 N–H and O–H groups in total. The van der Waals surface area contributed by atoms with Gasteiger partial charge in [-0.3, -0.25) is 4.79 Å². The number of anilines is 1. The van der Waals surface area contributed by atoms with E-state index in [1.54, 1.807) is 12.1 Å². The van der Waals surface area contributed by atoms with Crippen LogP contribution in [0.5, 0.6) is 0 Å². The maximum atomic E-state index is 13.5. The van der Waals surface area contributed by atoms with E-state index in [0.717, 1.165) is 46.0 Å². The van der Waals surface area contributed by atoms with Crippen LogP contribution < -0.4 is 21.3 Å². The Balaban J connectivity index is 1.17. The van der Waals surface area contributed by atoms with Gasteiger partial charge in [-0.25, -0.2) is 4.79 Å². The minimum absolute atomic E-state index is 0.0719. The van der Waals surface area contributed by atoms with Crippen molar-refractivity contribution in [3.8, 4) is 11.1 Å². The summed E-state index contributed by atoms with van der Waals surface area (Å²) in [6.45, 7) is 4.45. The summed E-state index contributed by atoms with van der Waals surface area (Å²) >= 11 is 0. The first-order valence-electron chi connectivity index (χ1n) is 14.3. The summed E-state index contributed by atoms with van der Waals surface area (Å²) in [5.41, 5.74) is 4.32. The van der Waals surface area contributed by atoms with Crippen molar-refractivity contribution < 1.29 is 22.7 Å². The molecule has 3 aromatic rings. The third-order valence-electron chi connectivity index (χ3n) is 8.23. The maximum Gasteiger partial charge on any atom is 0.407 e. The van der Waals surface area contributed by atoms with Gasteiger partial charge in [-0.2, -0.15) is 8.42 Å². The maximum absolute atomic E-state index is 13.5. The summed E-state index contributed by atoms with van der Waals surface area (Å²) in [6, 6.07) is 16.8. The van der Waals surface area contributed by atoms with E-state index in [1.165, 1.54) is 13.4 Å². The minimum atomic E-state index is -3.67. The van der Waals surface area contributed by atoms with Crippen LogP contribution in [-0.2, 0) is 19.6 Å². The van der Waals surface area contributed by atoms with Gasteiger partial charge in [0.15, 0.2) is 0 Å². The lowest BCUT2D eigenvalue weighted by Gasteiger charge is -2.34. The predicted molar refractivity (Wildman–Crippen MR) is 166 cm³/mol. The van der Waals surface area contributed by atoms with Crippen LogP contribution in [-0.4, -0.2) is 63.6 Å². The van der Waals surface area contributed by atoms with Crippen LogP contribution in [0.15, 0.2) is 70.1 Å². The quantitative estimate of drug-likeness (QED) is 0.334. The van der Waals surface area contributed by atoms with E-state index in [2.05, 4.69) is 56.0 Å². The lowest BCUT2D eigenvalue weighted by molar-refractivity contribution is -0.135. The number of hydrogen-bond acceptors (Lipinski definition) is 8. The summed E-state index contributed by atoms with van der Waals surface area (Å²) in [5, 5.41) is 14.7. The van der Waals surface area contributed by atoms with Crippen molar-refractivity contribution >= 4 is 50.5 Å². The zero-order valence-corrected chi connectivity index (χ0v) is 24.9.